The molecule has 0 N–H and O–H groups in total. The predicted molar refractivity (Wildman–Crippen MR) is 81.7 cm³/mol. The SMILES string of the molecule is CCOC(=O)C1(C)C(=O)CCC2(C)C(CBr)CCCC12. The minimum Gasteiger partial charge on any atom is -0.465 e. The first-order valence-electron chi connectivity index (χ1n) is 7.67. The lowest BCUT2D eigenvalue weighted by molar-refractivity contribution is -0.176. The molecule has 4 unspecified atom stereocenters. The van der Waals surface area contributed by atoms with Gasteiger partial charge in [-0.3, -0.25) is 9.59 Å². The first-order chi connectivity index (χ1) is 9.41. The van der Waals surface area contributed by atoms with Gasteiger partial charge in [-0.15, -0.1) is 0 Å². The Balaban J connectivity index is 2.40. The quantitative estimate of drug-likeness (QED) is 0.445. The molecule has 0 aromatic rings. The number of hydrogen-bond acceptors (Lipinski definition) is 3. The zero-order valence-corrected chi connectivity index (χ0v) is 14.3. The molecule has 2 fully saturated rings. The summed E-state index contributed by atoms with van der Waals surface area (Å²) in [5, 5.41) is 0.951. The Bertz CT molecular complexity index is 409. The highest BCUT2D eigenvalue weighted by molar-refractivity contribution is 9.09. The maximum absolute atomic E-state index is 12.5. The first kappa shape index (κ1) is 16.0. The third kappa shape index (κ3) is 2.24. The Hall–Kier alpha value is -0.380. The standard InChI is InChI=1S/C16H25BrO3/c1-4-20-14(19)16(3)12-7-5-6-11(10-17)15(12,2)9-8-13(16)18/h11-12H,4-10H2,1-3H3. The average molecular weight is 345 g/mol. The van der Waals surface area contributed by atoms with E-state index in [1.807, 2.05) is 6.92 Å². The molecule has 0 radical (unpaired) electrons. The largest absolute Gasteiger partial charge is 0.465 e. The van der Waals surface area contributed by atoms with Gasteiger partial charge in [0.15, 0.2) is 0 Å². The fourth-order valence-electron chi connectivity index (χ4n) is 4.47. The van der Waals surface area contributed by atoms with Crippen LogP contribution in [0.1, 0.15) is 52.9 Å². The van der Waals surface area contributed by atoms with Crippen LogP contribution in [0.4, 0.5) is 0 Å². The molecule has 2 saturated carbocycles. The van der Waals surface area contributed by atoms with Gasteiger partial charge < -0.3 is 4.74 Å². The minimum absolute atomic E-state index is 0.0666. The molecule has 2 rings (SSSR count). The Morgan fingerprint density at radius 1 is 1.40 bits per heavy atom. The van der Waals surface area contributed by atoms with Crippen LogP contribution in [0, 0.1) is 22.7 Å². The second kappa shape index (κ2) is 5.78. The highest BCUT2D eigenvalue weighted by atomic mass is 79.9. The molecule has 0 saturated heterocycles. The van der Waals surface area contributed by atoms with E-state index in [0.29, 0.717) is 18.9 Å². The Kier molecular flexibility index (Phi) is 4.63. The molecule has 4 heteroatoms. The number of alkyl halides is 1. The summed E-state index contributed by atoms with van der Waals surface area (Å²) in [7, 11) is 0. The smallest absolute Gasteiger partial charge is 0.319 e. The monoisotopic (exact) mass is 344 g/mol. The molecule has 0 aromatic heterocycles. The van der Waals surface area contributed by atoms with Crippen molar-refractivity contribution in [3.63, 3.8) is 0 Å². The summed E-state index contributed by atoms with van der Waals surface area (Å²) in [5.74, 6) is 0.430. The molecule has 0 aromatic carbocycles. The van der Waals surface area contributed by atoms with Crippen molar-refractivity contribution in [3.8, 4) is 0 Å². The van der Waals surface area contributed by atoms with Gasteiger partial charge in [0.1, 0.15) is 11.2 Å². The van der Waals surface area contributed by atoms with Crippen molar-refractivity contribution in [2.24, 2.45) is 22.7 Å². The zero-order chi connectivity index (χ0) is 15.0. The predicted octanol–water partition coefficient (Wildman–Crippen LogP) is 3.74. The number of rotatable bonds is 3. The highest BCUT2D eigenvalue weighted by Gasteiger charge is 2.60. The van der Waals surface area contributed by atoms with Crippen LogP contribution in [0.25, 0.3) is 0 Å². The van der Waals surface area contributed by atoms with Crippen LogP contribution in [0.3, 0.4) is 0 Å². The van der Waals surface area contributed by atoms with Crippen molar-refractivity contribution in [2.75, 3.05) is 11.9 Å². The van der Waals surface area contributed by atoms with E-state index >= 15 is 0 Å². The fourth-order valence-corrected chi connectivity index (χ4v) is 5.53. The minimum atomic E-state index is -0.941. The molecular weight excluding hydrogens is 320 g/mol. The van der Waals surface area contributed by atoms with Crippen molar-refractivity contribution in [1.29, 1.82) is 0 Å². The normalized spacial score (nSPS) is 41.1. The van der Waals surface area contributed by atoms with Crippen LogP contribution in [0.5, 0.6) is 0 Å². The lowest BCUT2D eigenvalue weighted by atomic mass is 9.48. The molecule has 2 aliphatic carbocycles. The Labute approximate surface area is 130 Å². The van der Waals surface area contributed by atoms with E-state index in [0.717, 1.165) is 24.6 Å². The van der Waals surface area contributed by atoms with E-state index in [1.165, 1.54) is 6.42 Å². The maximum Gasteiger partial charge on any atom is 0.319 e. The molecular formula is C16H25BrO3. The molecule has 0 bridgehead atoms. The van der Waals surface area contributed by atoms with Crippen LogP contribution in [0.15, 0.2) is 0 Å². The van der Waals surface area contributed by atoms with Gasteiger partial charge in [0.05, 0.1) is 6.61 Å². The van der Waals surface area contributed by atoms with E-state index in [1.54, 1.807) is 6.92 Å². The van der Waals surface area contributed by atoms with Gasteiger partial charge in [0.2, 0.25) is 0 Å². The van der Waals surface area contributed by atoms with Crippen molar-refractivity contribution in [3.05, 3.63) is 0 Å². The van der Waals surface area contributed by atoms with Crippen molar-refractivity contribution in [1.82, 2.24) is 0 Å². The fraction of sp³-hybridized carbons (Fsp3) is 0.875. The second-order valence-corrected chi connectivity index (χ2v) is 7.33. The van der Waals surface area contributed by atoms with Gasteiger partial charge in [-0.25, -0.2) is 0 Å². The van der Waals surface area contributed by atoms with E-state index in [-0.39, 0.29) is 23.1 Å². The molecule has 0 heterocycles. The summed E-state index contributed by atoms with van der Waals surface area (Å²) < 4.78 is 5.25. The van der Waals surface area contributed by atoms with E-state index in [9.17, 15) is 9.59 Å². The molecule has 3 nitrogen and oxygen atoms in total. The number of carbonyl (C=O) groups is 2. The molecule has 0 aliphatic heterocycles. The van der Waals surface area contributed by atoms with Crippen LogP contribution < -0.4 is 0 Å². The average Bonchev–Trinajstić information content (AvgIpc) is 2.43. The first-order valence-corrected chi connectivity index (χ1v) is 8.79. The third-order valence-electron chi connectivity index (χ3n) is 5.83. The lowest BCUT2D eigenvalue weighted by Gasteiger charge is -2.55. The molecule has 20 heavy (non-hydrogen) atoms. The van der Waals surface area contributed by atoms with Crippen LogP contribution >= 0.6 is 15.9 Å². The number of ether oxygens (including phenoxy) is 1. The van der Waals surface area contributed by atoms with Crippen molar-refractivity contribution < 1.29 is 14.3 Å². The highest BCUT2D eigenvalue weighted by Crippen LogP contribution is 2.59. The summed E-state index contributed by atoms with van der Waals surface area (Å²) >= 11 is 3.63. The van der Waals surface area contributed by atoms with Crippen molar-refractivity contribution >= 4 is 27.7 Å². The van der Waals surface area contributed by atoms with Crippen LogP contribution in [0.2, 0.25) is 0 Å². The summed E-state index contributed by atoms with van der Waals surface area (Å²) in [5.41, 5.74) is -0.874. The zero-order valence-electron chi connectivity index (χ0n) is 12.7. The molecule has 0 spiro atoms. The Morgan fingerprint density at radius 3 is 2.70 bits per heavy atom. The Morgan fingerprint density at radius 2 is 2.10 bits per heavy atom. The number of fused-ring (bicyclic) bond motifs is 1. The lowest BCUT2D eigenvalue weighted by Crippen LogP contribution is -2.57. The van der Waals surface area contributed by atoms with Crippen LogP contribution in [-0.4, -0.2) is 23.7 Å². The number of esters is 1. The summed E-state index contributed by atoms with van der Waals surface area (Å²) in [4.78, 5) is 25.0. The van der Waals surface area contributed by atoms with E-state index < -0.39 is 5.41 Å². The second-order valence-electron chi connectivity index (χ2n) is 6.69. The number of ketones is 1. The molecule has 114 valence electrons. The summed E-state index contributed by atoms with van der Waals surface area (Å²) in [6.45, 7) is 6.24. The number of halogens is 1. The number of carbonyl (C=O) groups excluding carboxylic acids is 2. The number of Topliss-reactive ketones (excluding diaryl/α,β-unsaturated/α-hetero) is 1. The van der Waals surface area contributed by atoms with Gasteiger partial charge in [-0.1, -0.05) is 29.3 Å². The van der Waals surface area contributed by atoms with Gasteiger partial charge in [0.25, 0.3) is 0 Å². The third-order valence-corrected chi connectivity index (χ3v) is 6.61. The maximum atomic E-state index is 12.5. The van der Waals surface area contributed by atoms with Gasteiger partial charge in [0, 0.05) is 11.8 Å². The van der Waals surface area contributed by atoms with Crippen LogP contribution in [-0.2, 0) is 14.3 Å². The number of hydrogen-bond donors (Lipinski definition) is 0. The van der Waals surface area contributed by atoms with E-state index in [2.05, 4.69) is 22.9 Å². The van der Waals surface area contributed by atoms with Gasteiger partial charge in [-0.05, 0) is 50.4 Å². The summed E-state index contributed by atoms with van der Waals surface area (Å²) in [6.07, 6.45) is 4.65. The van der Waals surface area contributed by atoms with E-state index in [4.69, 9.17) is 4.74 Å². The molecule has 2 aliphatic rings. The molecule has 0 amide bonds. The van der Waals surface area contributed by atoms with Gasteiger partial charge >= 0.3 is 5.97 Å². The molecule has 4 atom stereocenters. The van der Waals surface area contributed by atoms with Gasteiger partial charge in [-0.2, -0.15) is 0 Å². The topological polar surface area (TPSA) is 43.4 Å². The van der Waals surface area contributed by atoms with Crippen molar-refractivity contribution in [2.45, 2.75) is 52.9 Å². The summed E-state index contributed by atoms with van der Waals surface area (Å²) in [6, 6.07) is 0.